The first kappa shape index (κ1) is 26.8. The van der Waals surface area contributed by atoms with Crippen LogP contribution in [0.25, 0.3) is 11.1 Å². The average molecular weight is 528 g/mol. The summed E-state index contributed by atoms with van der Waals surface area (Å²) in [6.07, 6.45) is 1.59. The first-order valence-electron chi connectivity index (χ1n) is 13.5. The molecule has 0 amide bonds. The van der Waals surface area contributed by atoms with Crippen LogP contribution in [0.1, 0.15) is 47.5 Å². The standard InChI is InChI=1S/C31H37N5O3/c1-20-15-26(37-18-27-19-38-31(4,5)39-27)16-21(2)30(20)28-8-6-7-24(22(28)3)17-32-25-12-9-23(10-13-25)11-14-29-33-35-36-34-29/h6-10,12-13,15-16,27,32H,11,14,17-19H2,1-5H3,(H,33,34,35,36)/t27-/m1/s1. The first-order valence-corrected chi connectivity index (χ1v) is 13.5. The Morgan fingerprint density at radius 3 is 2.46 bits per heavy atom. The fourth-order valence-electron chi connectivity index (χ4n) is 5.14. The van der Waals surface area contributed by atoms with E-state index in [1.165, 1.54) is 38.9 Å². The molecular formula is C31H37N5O3. The SMILES string of the molecule is Cc1cc(OC[C@@H]2COC(C)(C)O2)cc(C)c1-c1cccc(CNc2ccc(CCc3nn[nH]n3)cc2)c1C. The molecule has 8 heteroatoms. The molecular weight excluding hydrogens is 490 g/mol. The predicted molar refractivity (Wildman–Crippen MR) is 152 cm³/mol. The van der Waals surface area contributed by atoms with Gasteiger partial charge in [0.2, 0.25) is 0 Å². The molecule has 3 aromatic carbocycles. The Labute approximate surface area is 230 Å². The first-order chi connectivity index (χ1) is 18.8. The van der Waals surface area contributed by atoms with Crippen LogP contribution in [0.3, 0.4) is 0 Å². The molecule has 1 aromatic heterocycles. The van der Waals surface area contributed by atoms with Gasteiger partial charge in [0.15, 0.2) is 11.6 Å². The molecule has 1 aliphatic rings. The lowest BCUT2D eigenvalue weighted by Crippen LogP contribution is -2.25. The Morgan fingerprint density at radius 2 is 1.79 bits per heavy atom. The van der Waals surface area contributed by atoms with E-state index in [-0.39, 0.29) is 6.10 Å². The quantitative estimate of drug-likeness (QED) is 0.272. The summed E-state index contributed by atoms with van der Waals surface area (Å²) in [4.78, 5) is 0. The normalized spacial score (nSPS) is 16.4. The van der Waals surface area contributed by atoms with Gasteiger partial charge in [-0.05, 0) is 104 Å². The van der Waals surface area contributed by atoms with Crippen molar-refractivity contribution in [3.05, 3.63) is 88.2 Å². The number of aromatic nitrogens is 4. The number of rotatable bonds is 10. The number of nitrogens with one attached hydrogen (secondary N) is 2. The number of anilines is 1. The van der Waals surface area contributed by atoms with E-state index in [4.69, 9.17) is 14.2 Å². The number of ether oxygens (including phenoxy) is 3. The van der Waals surface area contributed by atoms with Gasteiger partial charge in [-0.1, -0.05) is 35.5 Å². The summed E-state index contributed by atoms with van der Waals surface area (Å²) in [5, 5.41) is 17.7. The molecule has 39 heavy (non-hydrogen) atoms. The van der Waals surface area contributed by atoms with Gasteiger partial charge >= 0.3 is 0 Å². The molecule has 8 nitrogen and oxygen atoms in total. The Hall–Kier alpha value is -3.75. The summed E-state index contributed by atoms with van der Waals surface area (Å²) < 4.78 is 17.6. The highest BCUT2D eigenvalue weighted by atomic mass is 16.7. The van der Waals surface area contributed by atoms with E-state index in [0.29, 0.717) is 13.2 Å². The van der Waals surface area contributed by atoms with E-state index in [1.54, 1.807) is 0 Å². The third kappa shape index (κ3) is 6.64. The van der Waals surface area contributed by atoms with Crippen molar-refractivity contribution in [3.63, 3.8) is 0 Å². The van der Waals surface area contributed by atoms with Gasteiger partial charge in [-0.15, -0.1) is 10.2 Å². The lowest BCUT2D eigenvalue weighted by Gasteiger charge is -2.19. The molecule has 5 rings (SSSR count). The molecule has 204 valence electrons. The summed E-state index contributed by atoms with van der Waals surface area (Å²) in [6, 6.07) is 19.3. The fraction of sp³-hybridized carbons (Fsp3) is 0.387. The lowest BCUT2D eigenvalue weighted by molar-refractivity contribution is -0.141. The van der Waals surface area contributed by atoms with Crippen LogP contribution in [-0.2, 0) is 28.9 Å². The Bertz CT molecular complexity index is 1380. The number of benzene rings is 3. The number of hydrogen-bond donors (Lipinski definition) is 2. The van der Waals surface area contributed by atoms with Crippen molar-refractivity contribution in [1.82, 2.24) is 20.6 Å². The van der Waals surface area contributed by atoms with Crippen LogP contribution in [0.5, 0.6) is 5.75 Å². The van der Waals surface area contributed by atoms with Crippen LogP contribution in [0, 0.1) is 20.8 Å². The minimum Gasteiger partial charge on any atom is -0.491 e. The van der Waals surface area contributed by atoms with E-state index in [0.717, 1.165) is 36.6 Å². The molecule has 0 radical (unpaired) electrons. The van der Waals surface area contributed by atoms with Gasteiger partial charge in [-0.25, -0.2) is 0 Å². The largest absolute Gasteiger partial charge is 0.491 e. The maximum atomic E-state index is 6.09. The summed E-state index contributed by atoms with van der Waals surface area (Å²) in [5.74, 6) is 1.05. The van der Waals surface area contributed by atoms with Gasteiger partial charge in [0.25, 0.3) is 0 Å². The summed E-state index contributed by atoms with van der Waals surface area (Å²) >= 11 is 0. The number of hydrogen-bond acceptors (Lipinski definition) is 7. The number of aryl methyl sites for hydroxylation is 4. The lowest BCUT2D eigenvalue weighted by atomic mass is 9.90. The Balaban J connectivity index is 1.23. The number of tetrazole rings is 1. The molecule has 2 heterocycles. The van der Waals surface area contributed by atoms with Crippen molar-refractivity contribution >= 4 is 5.69 Å². The molecule has 4 aromatic rings. The van der Waals surface area contributed by atoms with Gasteiger partial charge in [0, 0.05) is 18.7 Å². The molecule has 0 bridgehead atoms. The molecule has 1 fully saturated rings. The van der Waals surface area contributed by atoms with E-state index >= 15 is 0 Å². The van der Waals surface area contributed by atoms with Crippen molar-refractivity contribution in [2.75, 3.05) is 18.5 Å². The minimum atomic E-state index is -0.540. The van der Waals surface area contributed by atoms with Crippen LogP contribution in [0.15, 0.2) is 54.6 Å². The molecule has 1 saturated heterocycles. The molecule has 1 atom stereocenters. The second kappa shape index (κ2) is 11.6. The highest BCUT2D eigenvalue weighted by molar-refractivity contribution is 5.75. The van der Waals surface area contributed by atoms with E-state index in [9.17, 15) is 0 Å². The maximum Gasteiger partial charge on any atom is 0.174 e. The minimum absolute atomic E-state index is 0.0559. The topological polar surface area (TPSA) is 94.2 Å². The monoisotopic (exact) mass is 527 g/mol. The predicted octanol–water partition coefficient (Wildman–Crippen LogP) is 5.72. The zero-order chi connectivity index (χ0) is 27.4. The van der Waals surface area contributed by atoms with E-state index in [1.807, 2.05) is 13.8 Å². The number of aromatic amines is 1. The van der Waals surface area contributed by atoms with Crippen molar-refractivity contribution in [2.24, 2.45) is 0 Å². The zero-order valence-corrected chi connectivity index (χ0v) is 23.4. The summed E-state index contributed by atoms with van der Waals surface area (Å²) in [6.45, 7) is 12.1. The van der Waals surface area contributed by atoms with Gasteiger partial charge in [-0.3, -0.25) is 0 Å². The number of H-pyrrole nitrogens is 1. The Morgan fingerprint density at radius 1 is 1.03 bits per heavy atom. The zero-order valence-electron chi connectivity index (χ0n) is 23.4. The van der Waals surface area contributed by atoms with Crippen molar-refractivity contribution < 1.29 is 14.2 Å². The number of nitrogens with zero attached hydrogens (tertiary/aromatic N) is 3. The third-order valence-electron chi connectivity index (χ3n) is 7.19. The van der Waals surface area contributed by atoms with Crippen molar-refractivity contribution in [2.45, 2.75) is 65.9 Å². The smallest absolute Gasteiger partial charge is 0.174 e. The second-order valence-electron chi connectivity index (χ2n) is 10.7. The molecule has 0 aliphatic carbocycles. The average Bonchev–Trinajstić information content (AvgIpc) is 3.56. The van der Waals surface area contributed by atoms with E-state index < -0.39 is 5.79 Å². The van der Waals surface area contributed by atoms with Gasteiger partial charge in [0.05, 0.1) is 6.61 Å². The molecule has 0 unspecified atom stereocenters. The highest BCUT2D eigenvalue weighted by Crippen LogP contribution is 2.34. The van der Waals surface area contributed by atoms with Crippen molar-refractivity contribution in [3.8, 4) is 16.9 Å². The summed E-state index contributed by atoms with van der Waals surface area (Å²) in [7, 11) is 0. The third-order valence-corrected chi connectivity index (χ3v) is 7.19. The fourth-order valence-corrected chi connectivity index (χ4v) is 5.14. The van der Waals surface area contributed by atoms with Gasteiger partial charge in [0.1, 0.15) is 18.5 Å². The van der Waals surface area contributed by atoms with Crippen LogP contribution < -0.4 is 10.1 Å². The molecule has 0 spiro atoms. The molecule has 1 aliphatic heterocycles. The van der Waals surface area contributed by atoms with Gasteiger partial charge in [-0.2, -0.15) is 5.21 Å². The molecule has 0 saturated carbocycles. The van der Waals surface area contributed by atoms with Gasteiger partial charge < -0.3 is 19.5 Å². The van der Waals surface area contributed by atoms with Crippen LogP contribution in [0.4, 0.5) is 5.69 Å². The van der Waals surface area contributed by atoms with Crippen LogP contribution in [-0.4, -0.2) is 45.7 Å². The highest BCUT2D eigenvalue weighted by Gasteiger charge is 2.33. The second-order valence-corrected chi connectivity index (χ2v) is 10.7. The summed E-state index contributed by atoms with van der Waals surface area (Å²) in [5.41, 5.74) is 9.79. The van der Waals surface area contributed by atoms with Crippen molar-refractivity contribution in [1.29, 1.82) is 0 Å². The maximum absolute atomic E-state index is 6.09. The van der Waals surface area contributed by atoms with E-state index in [2.05, 4.69) is 101 Å². The van der Waals surface area contributed by atoms with Crippen LogP contribution in [0.2, 0.25) is 0 Å². The molecule has 2 N–H and O–H groups in total. The van der Waals surface area contributed by atoms with Crippen LogP contribution >= 0.6 is 0 Å². The Kier molecular flexibility index (Phi) is 7.95.